The second kappa shape index (κ2) is 6.66. The fourth-order valence-corrected chi connectivity index (χ4v) is 2.54. The zero-order valence-corrected chi connectivity index (χ0v) is 13.9. The van der Waals surface area contributed by atoms with Crippen LogP contribution in [0.15, 0.2) is 46.9 Å². The molecule has 1 heterocycles. The highest BCUT2D eigenvalue weighted by Crippen LogP contribution is 2.29. The average molecular weight is 325 g/mol. The van der Waals surface area contributed by atoms with Gasteiger partial charge in [0.25, 0.3) is 5.91 Å². The van der Waals surface area contributed by atoms with Crippen LogP contribution in [-0.2, 0) is 0 Å². The van der Waals surface area contributed by atoms with Crippen LogP contribution in [0.2, 0.25) is 0 Å². The van der Waals surface area contributed by atoms with E-state index in [9.17, 15) is 4.79 Å². The first kappa shape index (κ1) is 15.9. The topological polar surface area (TPSA) is 60.7 Å². The number of carbonyl (C=O) groups excluding carboxylic acids is 1. The van der Waals surface area contributed by atoms with Gasteiger partial charge < -0.3 is 19.2 Å². The van der Waals surface area contributed by atoms with E-state index in [1.807, 2.05) is 32.0 Å². The van der Waals surface area contributed by atoms with Gasteiger partial charge in [0, 0.05) is 16.6 Å². The van der Waals surface area contributed by atoms with Crippen molar-refractivity contribution < 1.29 is 18.7 Å². The quantitative estimate of drug-likeness (QED) is 0.755. The van der Waals surface area contributed by atoms with Gasteiger partial charge in [-0.1, -0.05) is 0 Å². The predicted molar refractivity (Wildman–Crippen MR) is 93.1 cm³/mol. The molecule has 0 fully saturated rings. The van der Waals surface area contributed by atoms with Crippen molar-refractivity contribution >= 4 is 22.6 Å². The van der Waals surface area contributed by atoms with Crippen molar-refractivity contribution in [1.29, 1.82) is 0 Å². The summed E-state index contributed by atoms with van der Waals surface area (Å²) < 4.78 is 16.3. The van der Waals surface area contributed by atoms with Crippen LogP contribution >= 0.6 is 0 Å². The molecule has 1 amide bonds. The third-order valence-corrected chi connectivity index (χ3v) is 3.77. The highest BCUT2D eigenvalue weighted by atomic mass is 16.5. The number of ether oxygens (including phenoxy) is 2. The third kappa shape index (κ3) is 3.06. The van der Waals surface area contributed by atoms with Crippen molar-refractivity contribution in [2.24, 2.45) is 0 Å². The fourth-order valence-electron chi connectivity index (χ4n) is 2.54. The number of carbonyl (C=O) groups is 1. The lowest BCUT2D eigenvalue weighted by atomic mass is 10.1. The molecular formula is C19H19NO4. The Morgan fingerprint density at radius 2 is 1.83 bits per heavy atom. The van der Waals surface area contributed by atoms with Gasteiger partial charge in [0.05, 0.1) is 13.7 Å². The first-order valence-corrected chi connectivity index (χ1v) is 7.73. The number of methoxy groups -OCH3 is 1. The fraction of sp³-hybridized carbons (Fsp3) is 0.211. The molecule has 0 saturated heterocycles. The van der Waals surface area contributed by atoms with Crippen LogP contribution in [0.1, 0.15) is 23.0 Å². The Bertz CT molecular complexity index is 865. The minimum Gasteiger partial charge on any atom is -0.497 e. The number of benzene rings is 2. The van der Waals surface area contributed by atoms with E-state index in [0.29, 0.717) is 23.6 Å². The van der Waals surface area contributed by atoms with Gasteiger partial charge in [-0.15, -0.1) is 0 Å². The lowest BCUT2D eigenvalue weighted by molar-refractivity contribution is 0.0998. The maximum Gasteiger partial charge on any atom is 0.291 e. The van der Waals surface area contributed by atoms with Crippen molar-refractivity contribution in [1.82, 2.24) is 0 Å². The Balaban J connectivity index is 1.87. The van der Waals surface area contributed by atoms with Crippen molar-refractivity contribution in [2.75, 3.05) is 19.0 Å². The molecule has 124 valence electrons. The van der Waals surface area contributed by atoms with Gasteiger partial charge in [-0.25, -0.2) is 0 Å². The van der Waals surface area contributed by atoms with Crippen LogP contribution in [0, 0.1) is 6.92 Å². The number of rotatable bonds is 5. The summed E-state index contributed by atoms with van der Waals surface area (Å²) in [5.74, 6) is 1.51. The number of hydrogen-bond donors (Lipinski definition) is 1. The summed E-state index contributed by atoms with van der Waals surface area (Å²) in [4.78, 5) is 12.5. The average Bonchev–Trinajstić information content (AvgIpc) is 2.93. The summed E-state index contributed by atoms with van der Waals surface area (Å²) in [6.07, 6.45) is 0. The van der Waals surface area contributed by atoms with Crippen molar-refractivity contribution in [3.05, 3.63) is 53.8 Å². The van der Waals surface area contributed by atoms with E-state index in [-0.39, 0.29) is 5.91 Å². The first-order valence-electron chi connectivity index (χ1n) is 7.73. The standard InChI is InChI=1S/C19H19NO4/c1-4-23-15-9-10-17-16(11-15)12(2)18(24-17)19(21)20-13-5-7-14(22-3)8-6-13/h5-11H,4H2,1-3H3,(H,20,21). The number of fused-ring (bicyclic) bond motifs is 1. The molecule has 1 aromatic heterocycles. The first-order chi connectivity index (χ1) is 11.6. The van der Waals surface area contributed by atoms with Gasteiger partial charge in [0.1, 0.15) is 17.1 Å². The molecule has 3 rings (SSSR count). The molecule has 5 heteroatoms. The van der Waals surface area contributed by atoms with E-state index >= 15 is 0 Å². The molecule has 0 bridgehead atoms. The molecule has 0 radical (unpaired) electrons. The minimum atomic E-state index is -0.285. The normalized spacial score (nSPS) is 10.6. The molecule has 0 unspecified atom stereocenters. The summed E-state index contributed by atoms with van der Waals surface area (Å²) in [6.45, 7) is 4.39. The van der Waals surface area contributed by atoms with Crippen LogP contribution in [0.25, 0.3) is 11.0 Å². The molecule has 0 aliphatic heterocycles. The highest BCUT2D eigenvalue weighted by Gasteiger charge is 2.18. The van der Waals surface area contributed by atoms with Gasteiger partial charge in [-0.2, -0.15) is 0 Å². The van der Waals surface area contributed by atoms with Gasteiger partial charge in [0.2, 0.25) is 0 Å². The van der Waals surface area contributed by atoms with Gasteiger partial charge in [-0.3, -0.25) is 4.79 Å². The Labute approximate surface area is 140 Å². The summed E-state index contributed by atoms with van der Waals surface area (Å²) in [7, 11) is 1.60. The van der Waals surface area contributed by atoms with Gasteiger partial charge in [0.15, 0.2) is 5.76 Å². The zero-order chi connectivity index (χ0) is 17.1. The van der Waals surface area contributed by atoms with Crippen LogP contribution in [0.5, 0.6) is 11.5 Å². The monoisotopic (exact) mass is 325 g/mol. The van der Waals surface area contributed by atoms with E-state index < -0.39 is 0 Å². The molecule has 24 heavy (non-hydrogen) atoms. The van der Waals surface area contributed by atoms with Crippen molar-refractivity contribution in [3.8, 4) is 11.5 Å². The number of anilines is 1. The molecule has 0 saturated carbocycles. The second-order valence-electron chi connectivity index (χ2n) is 5.33. The molecule has 0 spiro atoms. The predicted octanol–water partition coefficient (Wildman–Crippen LogP) is 4.40. The molecule has 3 aromatic rings. The summed E-state index contributed by atoms with van der Waals surface area (Å²) >= 11 is 0. The SMILES string of the molecule is CCOc1ccc2oc(C(=O)Nc3ccc(OC)cc3)c(C)c2c1. The summed E-state index contributed by atoms with van der Waals surface area (Å²) in [5, 5.41) is 3.71. The number of amides is 1. The van der Waals surface area contributed by atoms with Gasteiger partial charge in [-0.05, 0) is 56.3 Å². The molecule has 0 aliphatic carbocycles. The van der Waals surface area contributed by atoms with Crippen LogP contribution in [0.4, 0.5) is 5.69 Å². The van der Waals surface area contributed by atoms with Crippen LogP contribution in [0.3, 0.4) is 0 Å². The second-order valence-corrected chi connectivity index (χ2v) is 5.33. The smallest absolute Gasteiger partial charge is 0.291 e. The maximum absolute atomic E-state index is 12.5. The summed E-state index contributed by atoms with van der Waals surface area (Å²) in [5.41, 5.74) is 2.13. The number of nitrogens with one attached hydrogen (secondary N) is 1. The van der Waals surface area contributed by atoms with Crippen molar-refractivity contribution in [3.63, 3.8) is 0 Å². The molecule has 0 atom stereocenters. The lowest BCUT2D eigenvalue weighted by Gasteiger charge is -2.05. The summed E-state index contributed by atoms with van der Waals surface area (Å²) in [6, 6.07) is 12.7. The highest BCUT2D eigenvalue weighted by molar-refractivity contribution is 6.06. The molecule has 1 N–H and O–H groups in total. The van der Waals surface area contributed by atoms with E-state index in [2.05, 4.69) is 5.32 Å². The van der Waals surface area contributed by atoms with E-state index in [1.54, 1.807) is 31.4 Å². The van der Waals surface area contributed by atoms with E-state index in [0.717, 1.165) is 22.4 Å². The molecule has 5 nitrogen and oxygen atoms in total. The maximum atomic E-state index is 12.5. The van der Waals surface area contributed by atoms with Crippen LogP contribution in [-0.4, -0.2) is 19.6 Å². The van der Waals surface area contributed by atoms with Crippen LogP contribution < -0.4 is 14.8 Å². The van der Waals surface area contributed by atoms with E-state index in [4.69, 9.17) is 13.9 Å². The minimum absolute atomic E-state index is 0.285. The number of furan rings is 1. The lowest BCUT2D eigenvalue weighted by Crippen LogP contribution is -2.11. The molecule has 2 aromatic carbocycles. The Kier molecular flexibility index (Phi) is 4.42. The largest absolute Gasteiger partial charge is 0.497 e. The molecule has 0 aliphatic rings. The Morgan fingerprint density at radius 1 is 1.12 bits per heavy atom. The number of aryl methyl sites for hydroxylation is 1. The third-order valence-electron chi connectivity index (χ3n) is 3.77. The molecular weight excluding hydrogens is 306 g/mol. The van der Waals surface area contributed by atoms with Gasteiger partial charge >= 0.3 is 0 Å². The number of hydrogen-bond acceptors (Lipinski definition) is 4. The Morgan fingerprint density at radius 3 is 2.50 bits per heavy atom. The van der Waals surface area contributed by atoms with E-state index in [1.165, 1.54) is 0 Å². The Hall–Kier alpha value is -2.95. The zero-order valence-electron chi connectivity index (χ0n) is 13.9. The van der Waals surface area contributed by atoms with Crippen molar-refractivity contribution in [2.45, 2.75) is 13.8 Å².